The van der Waals surface area contributed by atoms with Crippen molar-refractivity contribution in [3.8, 4) is 0 Å². The Morgan fingerprint density at radius 3 is 0.862 bits per heavy atom. The van der Waals surface area contributed by atoms with Crippen molar-refractivity contribution < 1.29 is 38.1 Å². The molecular formula is C50H94O8. The van der Waals surface area contributed by atoms with E-state index in [2.05, 4.69) is 41.5 Å². The third-order valence-electron chi connectivity index (χ3n) is 11.1. The minimum Gasteiger partial charge on any atom is -0.466 e. The van der Waals surface area contributed by atoms with Crippen molar-refractivity contribution in [1.82, 2.24) is 0 Å². The zero-order chi connectivity index (χ0) is 43.1. The van der Waals surface area contributed by atoms with Gasteiger partial charge in [0.1, 0.15) is 0 Å². The molecule has 0 N–H and O–H groups in total. The lowest BCUT2D eigenvalue weighted by molar-refractivity contribution is -0.190. The first kappa shape index (κ1) is 55.9. The van der Waals surface area contributed by atoms with Gasteiger partial charge in [-0.1, -0.05) is 215 Å². The normalized spacial score (nSPS) is 11.8. The smallest absolute Gasteiger partial charge is 0.351 e. The molecule has 342 valence electrons. The molecule has 0 saturated carbocycles. The molecule has 0 saturated heterocycles. The van der Waals surface area contributed by atoms with E-state index < -0.39 is 42.3 Å². The van der Waals surface area contributed by atoms with E-state index in [-0.39, 0.29) is 19.8 Å². The first-order valence-electron chi connectivity index (χ1n) is 24.6. The molecule has 0 aromatic heterocycles. The summed E-state index contributed by atoms with van der Waals surface area (Å²) < 4.78 is 22.2. The number of esters is 4. The zero-order valence-corrected chi connectivity index (χ0v) is 39.2. The first-order chi connectivity index (χ1) is 27.9. The summed E-state index contributed by atoms with van der Waals surface area (Å²) >= 11 is 0. The van der Waals surface area contributed by atoms with Crippen LogP contribution < -0.4 is 0 Å². The Balaban J connectivity index is 4.90. The van der Waals surface area contributed by atoms with Crippen molar-refractivity contribution in [3.05, 3.63) is 0 Å². The molecule has 0 radical (unpaired) electrons. The summed E-state index contributed by atoms with van der Waals surface area (Å²) in [6.45, 7) is 15.4. The Morgan fingerprint density at radius 1 is 0.362 bits per heavy atom. The van der Waals surface area contributed by atoms with Gasteiger partial charge < -0.3 is 18.9 Å². The molecule has 0 fully saturated rings. The first-order valence-corrected chi connectivity index (χ1v) is 24.6. The third kappa shape index (κ3) is 36.9. The number of carbonyl (C=O) groups is 4. The average molecular weight is 823 g/mol. The van der Waals surface area contributed by atoms with E-state index in [0.29, 0.717) is 19.3 Å². The Labute approximate surface area is 358 Å². The van der Waals surface area contributed by atoms with E-state index in [4.69, 9.17) is 18.9 Å². The van der Waals surface area contributed by atoms with Gasteiger partial charge in [-0.15, -0.1) is 0 Å². The van der Waals surface area contributed by atoms with E-state index in [1.165, 1.54) is 135 Å². The maximum atomic E-state index is 13.6. The lowest BCUT2D eigenvalue weighted by Gasteiger charge is -2.29. The van der Waals surface area contributed by atoms with Crippen molar-refractivity contribution in [2.45, 2.75) is 260 Å². The minimum absolute atomic E-state index is 0.122. The molecule has 58 heavy (non-hydrogen) atoms. The molecule has 0 unspecified atom stereocenters. The molecule has 0 heterocycles. The van der Waals surface area contributed by atoms with Gasteiger partial charge in [-0.05, 0) is 37.0 Å². The maximum absolute atomic E-state index is 13.6. The van der Waals surface area contributed by atoms with Gasteiger partial charge in [0.25, 0.3) is 0 Å². The number of hydrogen-bond donors (Lipinski definition) is 0. The molecule has 0 aliphatic heterocycles. The van der Waals surface area contributed by atoms with Gasteiger partial charge in [0.15, 0.2) is 0 Å². The molecule has 8 nitrogen and oxygen atoms in total. The predicted octanol–water partition coefficient (Wildman–Crippen LogP) is 14.4. The number of hydrogen-bond acceptors (Lipinski definition) is 8. The molecule has 0 aliphatic carbocycles. The second kappa shape index (κ2) is 39.0. The summed E-state index contributed by atoms with van der Waals surface area (Å²) in [5.41, 5.74) is -2.13. The summed E-state index contributed by atoms with van der Waals surface area (Å²) in [7, 11) is 0. The molecule has 0 rings (SSSR count). The highest BCUT2D eigenvalue weighted by Gasteiger charge is 2.48. The summed E-state index contributed by atoms with van der Waals surface area (Å²) in [6.07, 6.45) is 33.5. The fourth-order valence-corrected chi connectivity index (χ4v) is 7.51. The summed E-state index contributed by atoms with van der Waals surface area (Å²) in [4.78, 5) is 52.3. The molecule has 0 aromatic rings. The zero-order valence-electron chi connectivity index (χ0n) is 39.2. The summed E-state index contributed by atoms with van der Waals surface area (Å²) in [5.74, 6) is -0.729. The largest absolute Gasteiger partial charge is 0.466 e. The van der Waals surface area contributed by atoms with Crippen molar-refractivity contribution in [2.75, 3.05) is 19.8 Å². The highest BCUT2D eigenvalue weighted by atomic mass is 16.6. The summed E-state index contributed by atoms with van der Waals surface area (Å²) in [5, 5.41) is 0. The van der Waals surface area contributed by atoms with Gasteiger partial charge in [-0.25, -0.2) is 4.79 Å². The van der Waals surface area contributed by atoms with Crippen molar-refractivity contribution >= 4 is 23.9 Å². The third-order valence-corrected chi connectivity index (χ3v) is 11.1. The van der Waals surface area contributed by atoms with Crippen LogP contribution in [0.5, 0.6) is 0 Å². The second-order valence-corrected chi connectivity index (χ2v) is 18.6. The second-order valence-electron chi connectivity index (χ2n) is 18.6. The van der Waals surface area contributed by atoms with Crippen molar-refractivity contribution in [2.24, 2.45) is 17.8 Å². The number of carbonyl (C=O) groups excluding carboxylic acids is 4. The number of rotatable bonds is 42. The van der Waals surface area contributed by atoms with Crippen LogP contribution in [0.1, 0.15) is 254 Å². The monoisotopic (exact) mass is 823 g/mol. The molecule has 0 aromatic carbocycles. The van der Waals surface area contributed by atoms with Gasteiger partial charge >= 0.3 is 23.9 Å². The van der Waals surface area contributed by atoms with Gasteiger partial charge in [0.05, 0.1) is 32.7 Å². The number of ether oxygens (including phenoxy) is 4. The Morgan fingerprint density at radius 2 is 0.603 bits per heavy atom. The van der Waals surface area contributed by atoms with Crippen LogP contribution in [0.3, 0.4) is 0 Å². The van der Waals surface area contributed by atoms with E-state index >= 15 is 0 Å². The Kier molecular flexibility index (Phi) is 37.6. The van der Waals surface area contributed by atoms with Crippen LogP contribution in [0.4, 0.5) is 0 Å². The Hall–Kier alpha value is -2.12. The van der Waals surface area contributed by atoms with Gasteiger partial charge in [0, 0.05) is 6.92 Å². The van der Waals surface area contributed by atoms with Gasteiger partial charge in [0.2, 0.25) is 5.60 Å². The standard InChI is InChI=1S/C50H94O8/c1-43(2)35-29-23-17-11-8-14-20-26-32-38-55-47(52)41-50(58-46(7)51,49(54)57-40-34-28-22-16-10-13-19-25-31-37-45(5)6)42-48(53)56-39-33-27-21-15-9-12-18-24-30-36-44(3)4/h43-45H,8-42H2,1-7H3. The van der Waals surface area contributed by atoms with Crippen molar-refractivity contribution in [1.29, 1.82) is 0 Å². The SMILES string of the molecule is CC(=O)OC(CC(=O)OCCCCCCCCCCCC(C)C)(CC(=O)OCCCCCCCCCCCC(C)C)C(=O)OCCCCCCCCCCCC(C)C. The molecule has 8 heteroatoms. The Bertz CT molecular complexity index is 944. The van der Waals surface area contributed by atoms with Gasteiger partial charge in [-0.3, -0.25) is 14.4 Å². The van der Waals surface area contributed by atoms with E-state index in [0.717, 1.165) is 62.7 Å². The fraction of sp³-hybridized carbons (Fsp3) is 0.920. The molecule has 0 spiro atoms. The van der Waals surface area contributed by atoms with Crippen LogP contribution in [-0.4, -0.2) is 49.3 Å². The molecule has 0 aliphatic rings. The predicted molar refractivity (Wildman–Crippen MR) is 240 cm³/mol. The van der Waals surface area contributed by atoms with E-state index in [1.807, 2.05) is 0 Å². The molecule has 0 bridgehead atoms. The molecule has 0 amide bonds. The quantitative estimate of drug-likeness (QED) is 0.0340. The minimum atomic E-state index is -2.13. The maximum Gasteiger partial charge on any atom is 0.351 e. The topological polar surface area (TPSA) is 105 Å². The molecular weight excluding hydrogens is 729 g/mol. The van der Waals surface area contributed by atoms with Crippen LogP contribution in [0.25, 0.3) is 0 Å². The fourth-order valence-electron chi connectivity index (χ4n) is 7.51. The lowest BCUT2D eigenvalue weighted by atomic mass is 9.95. The highest BCUT2D eigenvalue weighted by Crippen LogP contribution is 2.26. The highest BCUT2D eigenvalue weighted by molar-refractivity contribution is 5.92. The lowest BCUT2D eigenvalue weighted by Crippen LogP contribution is -2.48. The van der Waals surface area contributed by atoms with Crippen molar-refractivity contribution in [3.63, 3.8) is 0 Å². The van der Waals surface area contributed by atoms with Gasteiger partial charge in [-0.2, -0.15) is 0 Å². The average Bonchev–Trinajstić information content (AvgIpc) is 3.15. The van der Waals surface area contributed by atoms with Crippen LogP contribution in [0, 0.1) is 17.8 Å². The van der Waals surface area contributed by atoms with E-state index in [1.54, 1.807) is 0 Å². The summed E-state index contributed by atoms with van der Waals surface area (Å²) in [6, 6.07) is 0. The number of unbranched alkanes of at least 4 members (excludes halogenated alkanes) is 24. The van der Waals surface area contributed by atoms with Crippen LogP contribution in [0.15, 0.2) is 0 Å². The van der Waals surface area contributed by atoms with Crippen LogP contribution >= 0.6 is 0 Å². The van der Waals surface area contributed by atoms with Crippen LogP contribution in [0.2, 0.25) is 0 Å². The van der Waals surface area contributed by atoms with Crippen LogP contribution in [-0.2, 0) is 38.1 Å². The molecule has 0 atom stereocenters. The van der Waals surface area contributed by atoms with E-state index in [9.17, 15) is 19.2 Å².